The van der Waals surface area contributed by atoms with Crippen LogP contribution >= 0.6 is 0 Å². The average Bonchev–Trinajstić information content (AvgIpc) is 2.34. The molecule has 2 rings (SSSR count). The molecule has 0 atom stereocenters. The summed E-state index contributed by atoms with van der Waals surface area (Å²) in [5.74, 6) is 0.155. The Kier molecular flexibility index (Phi) is 3.88. The van der Waals surface area contributed by atoms with Crippen molar-refractivity contribution in [1.82, 2.24) is 4.90 Å². The Hall–Kier alpha value is -1.13. The zero-order chi connectivity index (χ0) is 13.2. The van der Waals surface area contributed by atoms with E-state index in [1.165, 1.54) is 6.07 Å². The highest BCUT2D eigenvalue weighted by atomic mass is 19.1. The monoisotopic (exact) mass is 253 g/mol. The molecule has 0 aromatic heterocycles. The number of phenols is 1. The molecule has 1 heterocycles. The molecule has 3 nitrogen and oxygen atoms in total. The van der Waals surface area contributed by atoms with E-state index in [4.69, 9.17) is 0 Å². The second-order valence-corrected chi connectivity index (χ2v) is 5.37. The number of hydrogen-bond donors (Lipinski definition) is 2. The van der Waals surface area contributed by atoms with Gasteiger partial charge < -0.3 is 10.2 Å². The molecule has 0 saturated carbocycles. The van der Waals surface area contributed by atoms with E-state index in [1.807, 2.05) is 6.92 Å². The summed E-state index contributed by atoms with van der Waals surface area (Å²) >= 11 is 0. The fourth-order valence-corrected chi connectivity index (χ4v) is 2.26. The first-order chi connectivity index (χ1) is 8.50. The second-order valence-electron chi connectivity index (χ2n) is 5.37. The molecule has 1 fully saturated rings. The molecule has 1 aliphatic heterocycles. The van der Waals surface area contributed by atoms with E-state index in [-0.39, 0.29) is 5.75 Å². The normalized spacial score (nSPS) is 19.9. The Morgan fingerprint density at radius 1 is 1.33 bits per heavy atom. The number of hydrogen-bond acceptors (Lipinski definition) is 3. The Morgan fingerprint density at radius 2 is 2.00 bits per heavy atom. The lowest BCUT2D eigenvalue weighted by Gasteiger charge is -2.35. The molecule has 1 aromatic carbocycles. The van der Waals surface area contributed by atoms with E-state index in [1.54, 1.807) is 12.1 Å². The van der Waals surface area contributed by atoms with Crippen molar-refractivity contribution in [1.29, 1.82) is 0 Å². The van der Waals surface area contributed by atoms with Crippen molar-refractivity contribution < 1.29 is 14.6 Å². The summed E-state index contributed by atoms with van der Waals surface area (Å²) < 4.78 is 12.4. The fourth-order valence-electron chi connectivity index (χ4n) is 2.26. The molecule has 0 bridgehead atoms. The Labute approximate surface area is 107 Å². The first-order valence-electron chi connectivity index (χ1n) is 6.32. The van der Waals surface area contributed by atoms with Crippen LogP contribution in [-0.2, 0) is 13.2 Å². The van der Waals surface area contributed by atoms with Crippen molar-refractivity contribution in [2.24, 2.45) is 0 Å². The predicted molar refractivity (Wildman–Crippen MR) is 68.1 cm³/mol. The zero-order valence-electron chi connectivity index (χ0n) is 10.7. The van der Waals surface area contributed by atoms with Crippen molar-refractivity contribution in [2.75, 3.05) is 13.1 Å². The number of nitrogens with zero attached hydrogens (tertiary/aromatic N) is 1. The van der Waals surface area contributed by atoms with Gasteiger partial charge in [0.05, 0.1) is 5.60 Å². The van der Waals surface area contributed by atoms with Crippen molar-refractivity contribution in [2.45, 2.75) is 38.6 Å². The van der Waals surface area contributed by atoms with Gasteiger partial charge in [-0.2, -0.15) is 0 Å². The molecule has 0 radical (unpaired) electrons. The van der Waals surface area contributed by atoms with Crippen LogP contribution in [0, 0.1) is 0 Å². The van der Waals surface area contributed by atoms with Gasteiger partial charge in [-0.05, 0) is 31.4 Å². The maximum absolute atomic E-state index is 12.4. The van der Waals surface area contributed by atoms with Gasteiger partial charge in [0.2, 0.25) is 0 Å². The lowest BCUT2D eigenvalue weighted by molar-refractivity contribution is -0.00741. The first-order valence-corrected chi connectivity index (χ1v) is 6.32. The Balaban J connectivity index is 1.98. The van der Waals surface area contributed by atoms with E-state index < -0.39 is 12.3 Å². The molecule has 1 aliphatic rings. The number of alkyl halides is 1. The molecule has 0 spiro atoms. The number of benzene rings is 1. The van der Waals surface area contributed by atoms with Crippen LogP contribution in [0.1, 0.15) is 30.9 Å². The number of halogens is 1. The summed E-state index contributed by atoms with van der Waals surface area (Å²) in [4.78, 5) is 2.20. The maximum Gasteiger partial charge on any atom is 0.120 e. The predicted octanol–water partition coefficient (Wildman–Crippen LogP) is 2.21. The van der Waals surface area contributed by atoms with Crippen LogP contribution in [0.15, 0.2) is 18.2 Å². The summed E-state index contributed by atoms with van der Waals surface area (Å²) in [6, 6.07) is 4.96. The fraction of sp³-hybridized carbons (Fsp3) is 0.571. The molecule has 18 heavy (non-hydrogen) atoms. The summed E-state index contributed by atoms with van der Waals surface area (Å²) in [6.45, 7) is 3.58. The highest BCUT2D eigenvalue weighted by molar-refractivity contribution is 5.36. The lowest BCUT2D eigenvalue weighted by atomic mass is 9.93. The third-order valence-corrected chi connectivity index (χ3v) is 3.63. The largest absolute Gasteiger partial charge is 0.508 e. The highest BCUT2D eigenvalue weighted by Gasteiger charge is 2.27. The zero-order valence-corrected chi connectivity index (χ0v) is 10.7. The molecular formula is C14H20FNO2. The molecule has 0 amide bonds. The topological polar surface area (TPSA) is 43.7 Å². The first kappa shape index (κ1) is 13.3. The van der Waals surface area contributed by atoms with Crippen molar-refractivity contribution in [3.05, 3.63) is 29.3 Å². The highest BCUT2D eigenvalue weighted by Crippen LogP contribution is 2.25. The van der Waals surface area contributed by atoms with Gasteiger partial charge in [0, 0.05) is 25.2 Å². The molecule has 1 saturated heterocycles. The quantitative estimate of drug-likeness (QED) is 0.868. The number of phenolic OH excluding ortho intramolecular Hbond substituents is 1. The van der Waals surface area contributed by atoms with Crippen LogP contribution in [-0.4, -0.2) is 33.8 Å². The second kappa shape index (κ2) is 5.24. The molecular weight excluding hydrogens is 233 g/mol. The van der Waals surface area contributed by atoms with Crippen LogP contribution in [0.25, 0.3) is 0 Å². The summed E-state index contributed by atoms with van der Waals surface area (Å²) in [7, 11) is 0. The molecule has 100 valence electrons. The van der Waals surface area contributed by atoms with E-state index in [0.717, 1.165) is 31.5 Å². The van der Waals surface area contributed by atoms with Gasteiger partial charge in [0.25, 0.3) is 0 Å². The Morgan fingerprint density at radius 3 is 2.56 bits per heavy atom. The van der Waals surface area contributed by atoms with Crippen LogP contribution in [0.3, 0.4) is 0 Å². The van der Waals surface area contributed by atoms with Gasteiger partial charge in [-0.1, -0.05) is 12.1 Å². The number of aromatic hydroxyl groups is 1. The van der Waals surface area contributed by atoms with Crippen molar-refractivity contribution in [3.8, 4) is 5.75 Å². The van der Waals surface area contributed by atoms with Crippen LogP contribution < -0.4 is 0 Å². The number of rotatable bonds is 3. The average molecular weight is 253 g/mol. The lowest BCUT2D eigenvalue weighted by Crippen LogP contribution is -2.41. The van der Waals surface area contributed by atoms with Crippen molar-refractivity contribution >= 4 is 0 Å². The third-order valence-electron chi connectivity index (χ3n) is 3.63. The van der Waals surface area contributed by atoms with Gasteiger partial charge in [-0.3, -0.25) is 4.90 Å². The molecule has 0 unspecified atom stereocenters. The maximum atomic E-state index is 12.4. The van der Waals surface area contributed by atoms with Gasteiger partial charge in [-0.15, -0.1) is 0 Å². The minimum absolute atomic E-state index is 0.155. The van der Waals surface area contributed by atoms with E-state index >= 15 is 0 Å². The number of aliphatic hydroxyl groups is 1. The summed E-state index contributed by atoms with van der Waals surface area (Å²) in [6.07, 6.45) is 1.49. The number of piperidine rings is 1. The van der Waals surface area contributed by atoms with E-state index in [2.05, 4.69) is 4.90 Å². The molecule has 0 aliphatic carbocycles. The molecule has 1 aromatic rings. The standard InChI is InChI=1S/C14H20FNO2/c1-14(18)4-6-16(7-5-14)10-12-3-2-11(9-15)8-13(12)17/h2-3,8,17-18H,4-7,9-10H2,1H3. The van der Waals surface area contributed by atoms with Gasteiger partial charge >= 0.3 is 0 Å². The minimum atomic E-state index is -0.559. The summed E-state index contributed by atoms with van der Waals surface area (Å²) in [5, 5.41) is 19.7. The SMILES string of the molecule is CC1(O)CCN(Cc2ccc(CF)cc2O)CC1. The summed E-state index contributed by atoms with van der Waals surface area (Å²) in [5.41, 5.74) is 0.753. The number of likely N-dealkylation sites (tertiary alicyclic amines) is 1. The van der Waals surface area contributed by atoms with Gasteiger partial charge in [0.1, 0.15) is 12.4 Å². The van der Waals surface area contributed by atoms with Crippen LogP contribution in [0.4, 0.5) is 4.39 Å². The molecule has 4 heteroatoms. The smallest absolute Gasteiger partial charge is 0.120 e. The third kappa shape index (κ3) is 3.21. The minimum Gasteiger partial charge on any atom is -0.508 e. The van der Waals surface area contributed by atoms with E-state index in [9.17, 15) is 14.6 Å². The van der Waals surface area contributed by atoms with Gasteiger partial charge in [0.15, 0.2) is 0 Å². The van der Waals surface area contributed by atoms with Crippen LogP contribution in [0.2, 0.25) is 0 Å². The van der Waals surface area contributed by atoms with Crippen molar-refractivity contribution in [3.63, 3.8) is 0 Å². The van der Waals surface area contributed by atoms with E-state index in [0.29, 0.717) is 12.1 Å². The van der Waals surface area contributed by atoms with Gasteiger partial charge in [-0.25, -0.2) is 4.39 Å². The molecule has 2 N–H and O–H groups in total. The van der Waals surface area contributed by atoms with Crippen LogP contribution in [0.5, 0.6) is 5.75 Å². The Bertz CT molecular complexity index is 410.